The molecule has 35 heavy (non-hydrogen) atoms. The molecule has 0 aliphatic heterocycles. The van der Waals surface area contributed by atoms with Crippen LogP contribution in [0.15, 0.2) is 97.5 Å². The summed E-state index contributed by atoms with van der Waals surface area (Å²) in [5.41, 5.74) is 3.51. The van der Waals surface area contributed by atoms with Crippen LogP contribution in [0, 0.1) is 0 Å². The number of nitrogens with one attached hydrogen (secondary N) is 1. The molecule has 1 N–H and O–H groups in total. The second kappa shape index (κ2) is 10.2. The van der Waals surface area contributed by atoms with E-state index >= 15 is 0 Å². The molecule has 0 aliphatic carbocycles. The van der Waals surface area contributed by atoms with E-state index in [-0.39, 0.29) is 18.4 Å². The first kappa shape index (κ1) is 22.4. The van der Waals surface area contributed by atoms with Crippen molar-refractivity contribution in [3.63, 3.8) is 0 Å². The van der Waals surface area contributed by atoms with Crippen molar-refractivity contribution in [1.82, 2.24) is 24.5 Å². The van der Waals surface area contributed by atoms with E-state index in [1.54, 1.807) is 28.0 Å². The lowest BCUT2D eigenvalue weighted by Gasteiger charge is -2.07. The molecule has 1 amide bonds. The fourth-order valence-electron chi connectivity index (χ4n) is 3.44. The average Bonchev–Trinajstić information content (AvgIpc) is 3.55. The molecule has 8 nitrogen and oxygen atoms in total. The first-order valence-electron chi connectivity index (χ1n) is 10.9. The fourth-order valence-corrected chi connectivity index (χ4v) is 3.57. The zero-order valence-electron chi connectivity index (χ0n) is 18.6. The highest BCUT2D eigenvalue weighted by molar-refractivity contribution is 6.30. The lowest BCUT2D eigenvalue weighted by atomic mass is 10.1. The molecule has 3 aromatic carbocycles. The van der Waals surface area contributed by atoms with Gasteiger partial charge in [0.25, 0.3) is 5.91 Å². The van der Waals surface area contributed by atoms with Gasteiger partial charge in [-0.1, -0.05) is 66.2 Å². The number of hydrogen-bond acceptors (Lipinski definition) is 5. The Kier molecular flexibility index (Phi) is 6.54. The smallest absolute Gasteiger partial charge is 0.278 e. The number of aromatic nitrogens is 5. The van der Waals surface area contributed by atoms with Gasteiger partial charge in [0.1, 0.15) is 12.1 Å². The quantitative estimate of drug-likeness (QED) is 0.330. The SMILES string of the molecule is O=C(Nc1ncn(Cc2ccc(Cl)cc2)n1)c1ccn(COc2ccc(-c3ccccc3)cc2)n1. The van der Waals surface area contributed by atoms with Crippen molar-refractivity contribution >= 4 is 23.5 Å². The van der Waals surface area contributed by atoms with E-state index < -0.39 is 5.91 Å². The molecule has 0 atom stereocenters. The number of nitrogens with zero attached hydrogens (tertiary/aromatic N) is 5. The molecule has 0 unspecified atom stereocenters. The van der Waals surface area contributed by atoms with Crippen LogP contribution in [0.5, 0.6) is 5.75 Å². The molecule has 0 bridgehead atoms. The predicted octanol–water partition coefficient (Wildman–Crippen LogP) is 5.13. The first-order valence-corrected chi connectivity index (χ1v) is 11.3. The summed E-state index contributed by atoms with van der Waals surface area (Å²) in [4.78, 5) is 16.7. The second-order valence-electron chi connectivity index (χ2n) is 7.75. The maximum Gasteiger partial charge on any atom is 0.278 e. The van der Waals surface area contributed by atoms with Gasteiger partial charge in [-0.2, -0.15) is 5.10 Å². The number of ether oxygens (including phenoxy) is 1. The summed E-state index contributed by atoms with van der Waals surface area (Å²) in [7, 11) is 0. The average molecular weight is 485 g/mol. The van der Waals surface area contributed by atoms with Crippen LogP contribution in [0.3, 0.4) is 0 Å². The van der Waals surface area contributed by atoms with Gasteiger partial charge in [-0.15, -0.1) is 5.10 Å². The number of rotatable bonds is 8. The van der Waals surface area contributed by atoms with Crippen LogP contribution in [0.4, 0.5) is 5.95 Å². The van der Waals surface area contributed by atoms with E-state index in [0.717, 1.165) is 16.7 Å². The molecule has 2 heterocycles. The minimum Gasteiger partial charge on any atom is -0.471 e. The third-order valence-electron chi connectivity index (χ3n) is 5.22. The van der Waals surface area contributed by atoms with E-state index in [4.69, 9.17) is 16.3 Å². The molecule has 0 fully saturated rings. The Labute approximate surface area is 206 Å². The standard InChI is InChI=1S/C26H21ClN6O2/c27-22-10-6-19(7-11-22)16-33-17-28-26(31-33)29-25(34)24-14-15-32(30-24)18-35-23-12-8-21(9-13-23)20-4-2-1-3-5-20/h1-15,17H,16,18H2,(H,29,31,34). The van der Waals surface area contributed by atoms with Crippen molar-refractivity contribution < 1.29 is 9.53 Å². The Hall–Kier alpha value is -4.43. The molecule has 5 aromatic rings. The van der Waals surface area contributed by atoms with E-state index in [0.29, 0.717) is 17.3 Å². The number of halogens is 1. The van der Waals surface area contributed by atoms with Gasteiger partial charge in [-0.05, 0) is 47.0 Å². The third-order valence-corrected chi connectivity index (χ3v) is 5.47. The summed E-state index contributed by atoms with van der Waals surface area (Å²) in [5, 5.41) is 11.9. The highest BCUT2D eigenvalue weighted by atomic mass is 35.5. The van der Waals surface area contributed by atoms with Gasteiger partial charge >= 0.3 is 0 Å². The molecular weight excluding hydrogens is 464 g/mol. The van der Waals surface area contributed by atoms with Crippen molar-refractivity contribution in [3.05, 3.63) is 114 Å². The molecule has 174 valence electrons. The van der Waals surface area contributed by atoms with Gasteiger partial charge in [0.15, 0.2) is 12.4 Å². The van der Waals surface area contributed by atoms with Crippen LogP contribution in [0.1, 0.15) is 16.1 Å². The number of benzene rings is 3. The van der Waals surface area contributed by atoms with E-state index in [1.807, 2.05) is 66.7 Å². The summed E-state index contributed by atoms with van der Waals surface area (Å²) < 4.78 is 8.98. The van der Waals surface area contributed by atoms with Gasteiger partial charge < -0.3 is 4.74 Å². The topological polar surface area (TPSA) is 86.9 Å². The van der Waals surface area contributed by atoms with E-state index in [1.165, 1.54) is 0 Å². The molecule has 0 radical (unpaired) electrons. The molecule has 0 spiro atoms. The van der Waals surface area contributed by atoms with Gasteiger partial charge in [-0.3, -0.25) is 10.1 Å². The summed E-state index contributed by atoms with van der Waals surface area (Å²) in [6, 6.07) is 27.0. The van der Waals surface area contributed by atoms with Crippen LogP contribution >= 0.6 is 11.6 Å². The Morgan fingerprint density at radius 1 is 0.857 bits per heavy atom. The monoisotopic (exact) mass is 484 g/mol. The molecule has 0 saturated carbocycles. The number of carbonyl (C=O) groups excluding carboxylic acids is 1. The minimum absolute atomic E-state index is 0.173. The molecule has 9 heteroatoms. The lowest BCUT2D eigenvalue weighted by Crippen LogP contribution is -2.15. The highest BCUT2D eigenvalue weighted by Gasteiger charge is 2.13. The Bertz CT molecular complexity index is 1410. The summed E-state index contributed by atoms with van der Waals surface area (Å²) in [5.74, 6) is 0.509. The third kappa shape index (κ3) is 5.74. The summed E-state index contributed by atoms with van der Waals surface area (Å²) in [6.07, 6.45) is 3.24. The molecule has 2 aromatic heterocycles. The van der Waals surface area contributed by atoms with Crippen LogP contribution in [0.2, 0.25) is 5.02 Å². The van der Waals surface area contributed by atoms with E-state index in [9.17, 15) is 4.79 Å². The first-order chi connectivity index (χ1) is 17.1. The van der Waals surface area contributed by atoms with Crippen LogP contribution in [0.25, 0.3) is 11.1 Å². The van der Waals surface area contributed by atoms with Crippen molar-refractivity contribution in [3.8, 4) is 16.9 Å². The van der Waals surface area contributed by atoms with Crippen LogP contribution in [-0.2, 0) is 13.3 Å². The van der Waals surface area contributed by atoms with Gasteiger partial charge in [0.05, 0.1) is 6.54 Å². The Morgan fingerprint density at radius 3 is 2.37 bits per heavy atom. The normalized spacial score (nSPS) is 10.8. The van der Waals surface area contributed by atoms with Gasteiger partial charge in [-0.25, -0.2) is 14.3 Å². The molecular formula is C26H21ClN6O2. The fraction of sp³-hybridized carbons (Fsp3) is 0.0769. The molecule has 5 rings (SSSR count). The predicted molar refractivity (Wildman–Crippen MR) is 133 cm³/mol. The Morgan fingerprint density at radius 2 is 1.60 bits per heavy atom. The van der Waals surface area contributed by atoms with Gasteiger partial charge in [0, 0.05) is 11.2 Å². The summed E-state index contributed by atoms with van der Waals surface area (Å²) >= 11 is 5.92. The van der Waals surface area contributed by atoms with Crippen LogP contribution in [-0.4, -0.2) is 30.5 Å². The maximum atomic E-state index is 12.5. The van der Waals surface area contributed by atoms with Crippen LogP contribution < -0.4 is 10.1 Å². The molecule has 0 aliphatic rings. The van der Waals surface area contributed by atoms with Crippen molar-refractivity contribution in [2.45, 2.75) is 13.3 Å². The lowest BCUT2D eigenvalue weighted by molar-refractivity contribution is 0.101. The molecule has 0 saturated heterocycles. The number of carbonyl (C=O) groups is 1. The minimum atomic E-state index is -0.403. The number of anilines is 1. The zero-order valence-corrected chi connectivity index (χ0v) is 19.3. The largest absolute Gasteiger partial charge is 0.471 e. The van der Waals surface area contributed by atoms with Crippen molar-refractivity contribution in [1.29, 1.82) is 0 Å². The van der Waals surface area contributed by atoms with Crippen molar-refractivity contribution in [2.75, 3.05) is 5.32 Å². The summed E-state index contributed by atoms with van der Waals surface area (Å²) in [6.45, 7) is 0.685. The second-order valence-corrected chi connectivity index (χ2v) is 8.19. The Balaban J connectivity index is 1.14. The van der Waals surface area contributed by atoms with Gasteiger partial charge in [0.2, 0.25) is 5.95 Å². The highest BCUT2D eigenvalue weighted by Crippen LogP contribution is 2.22. The number of hydrogen-bond donors (Lipinski definition) is 1. The van der Waals surface area contributed by atoms with Crippen molar-refractivity contribution in [2.24, 2.45) is 0 Å². The maximum absolute atomic E-state index is 12.5. The number of amides is 1. The zero-order chi connectivity index (χ0) is 24.0. The van der Waals surface area contributed by atoms with E-state index in [2.05, 4.69) is 32.6 Å².